The minimum atomic E-state index is -0.236. The Morgan fingerprint density at radius 2 is 1.82 bits per heavy atom. The molecule has 6 heteroatoms. The summed E-state index contributed by atoms with van der Waals surface area (Å²) in [6, 6.07) is 12.8. The van der Waals surface area contributed by atoms with Crippen LogP contribution in [0, 0.1) is 6.92 Å². The maximum atomic E-state index is 12.2. The van der Waals surface area contributed by atoms with Crippen LogP contribution in [-0.2, 0) is 4.79 Å². The smallest absolute Gasteiger partial charge is 0.262 e. The Bertz CT molecular complexity index is 858. The molecule has 1 amide bonds. The fraction of sp³-hybridized carbons (Fsp3) is 0.364. The number of carbonyl (C=O) groups excluding carboxylic acids is 2. The molecule has 1 fully saturated rings. The van der Waals surface area contributed by atoms with Gasteiger partial charge in [-0.1, -0.05) is 12.1 Å². The lowest BCUT2D eigenvalue weighted by atomic mass is 10.1. The lowest BCUT2D eigenvalue weighted by molar-refractivity contribution is -0.118. The Labute approximate surface area is 166 Å². The molecule has 6 nitrogen and oxygen atoms in total. The zero-order valence-electron chi connectivity index (χ0n) is 16.7. The van der Waals surface area contributed by atoms with Gasteiger partial charge >= 0.3 is 0 Å². The highest BCUT2D eigenvalue weighted by atomic mass is 16.5. The number of amides is 1. The van der Waals surface area contributed by atoms with Crippen LogP contribution in [0.4, 0.5) is 11.4 Å². The number of hydrogen-bond acceptors (Lipinski definition) is 5. The number of ether oxygens (including phenoxy) is 1. The second-order valence-corrected chi connectivity index (χ2v) is 7.21. The third kappa shape index (κ3) is 5.10. The van der Waals surface area contributed by atoms with E-state index in [1.54, 1.807) is 24.3 Å². The van der Waals surface area contributed by atoms with Crippen molar-refractivity contribution < 1.29 is 14.3 Å². The van der Waals surface area contributed by atoms with Gasteiger partial charge in [-0.05, 0) is 56.8 Å². The summed E-state index contributed by atoms with van der Waals surface area (Å²) in [5.74, 6) is 0.232. The van der Waals surface area contributed by atoms with Crippen molar-refractivity contribution >= 4 is 23.1 Å². The summed E-state index contributed by atoms with van der Waals surface area (Å²) in [6.07, 6.45) is 0. The topological polar surface area (TPSA) is 61.9 Å². The number of benzene rings is 2. The lowest BCUT2D eigenvalue weighted by Crippen LogP contribution is -2.44. The van der Waals surface area contributed by atoms with Gasteiger partial charge in [0.25, 0.3) is 5.91 Å². The molecule has 0 atom stereocenters. The molecule has 1 aliphatic heterocycles. The molecule has 1 aliphatic rings. The molecule has 1 saturated heterocycles. The molecule has 28 heavy (non-hydrogen) atoms. The van der Waals surface area contributed by atoms with Crippen molar-refractivity contribution in [2.24, 2.45) is 0 Å². The predicted octanol–water partition coefficient (Wildman–Crippen LogP) is 2.97. The van der Waals surface area contributed by atoms with Gasteiger partial charge in [0.05, 0.1) is 0 Å². The van der Waals surface area contributed by atoms with E-state index in [2.05, 4.69) is 35.2 Å². The van der Waals surface area contributed by atoms with E-state index in [-0.39, 0.29) is 18.3 Å². The number of nitrogens with one attached hydrogen (secondary N) is 1. The first-order valence-corrected chi connectivity index (χ1v) is 9.50. The van der Waals surface area contributed by atoms with Crippen molar-refractivity contribution in [2.75, 3.05) is 50.1 Å². The maximum absolute atomic E-state index is 12.2. The van der Waals surface area contributed by atoms with E-state index in [0.29, 0.717) is 11.3 Å². The SMILES string of the molecule is CC(=O)c1cccc(OCC(=O)Nc2ccc(N3CCN(C)CC3)c(C)c2)c1. The molecule has 0 aliphatic carbocycles. The van der Waals surface area contributed by atoms with E-state index < -0.39 is 0 Å². The molecule has 0 saturated carbocycles. The largest absolute Gasteiger partial charge is 0.484 e. The average Bonchev–Trinajstić information content (AvgIpc) is 2.68. The third-order valence-electron chi connectivity index (χ3n) is 4.94. The Morgan fingerprint density at radius 3 is 2.50 bits per heavy atom. The molecule has 1 heterocycles. The van der Waals surface area contributed by atoms with Crippen molar-refractivity contribution in [3.63, 3.8) is 0 Å². The quantitative estimate of drug-likeness (QED) is 0.780. The summed E-state index contributed by atoms with van der Waals surface area (Å²) in [5, 5.41) is 2.87. The summed E-state index contributed by atoms with van der Waals surface area (Å²) in [5.41, 5.74) is 3.66. The Morgan fingerprint density at radius 1 is 1.07 bits per heavy atom. The molecule has 0 unspecified atom stereocenters. The molecule has 0 radical (unpaired) electrons. The Hall–Kier alpha value is -2.86. The van der Waals surface area contributed by atoms with Gasteiger partial charge in [-0.3, -0.25) is 9.59 Å². The molecule has 0 bridgehead atoms. The molecule has 0 spiro atoms. The van der Waals surface area contributed by atoms with Gasteiger partial charge < -0.3 is 19.9 Å². The molecule has 0 aromatic heterocycles. The van der Waals surface area contributed by atoms with Crippen LogP contribution < -0.4 is 15.0 Å². The van der Waals surface area contributed by atoms with Gasteiger partial charge in [0.15, 0.2) is 12.4 Å². The summed E-state index contributed by atoms with van der Waals surface area (Å²) < 4.78 is 5.51. The molecule has 148 valence electrons. The van der Waals surface area contributed by atoms with Crippen LogP contribution in [0.1, 0.15) is 22.8 Å². The first-order valence-electron chi connectivity index (χ1n) is 9.50. The summed E-state index contributed by atoms with van der Waals surface area (Å²) >= 11 is 0. The van der Waals surface area contributed by atoms with Crippen LogP contribution in [0.5, 0.6) is 5.75 Å². The highest BCUT2D eigenvalue weighted by Gasteiger charge is 2.16. The number of nitrogens with zero attached hydrogens (tertiary/aromatic N) is 2. The van der Waals surface area contributed by atoms with Crippen molar-refractivity contribution in [1.29, 1.82) is 0 Å². The number of anilines is 2. The molecule has 2 aromatic rings. The standard InChI is InChI=1S/C22H27N3O3/c1-16-13-19(7-8-21(16)25-11-9-24(3)10-12-25)23-22(27)15-28-20-6-4-5-18(14-20)17(2)26/h4-8,13-14H,9-12,15H2,1-3H3,(H,23,27). The number of ketones is 1. The summed E-state index contributed by atoms with van der Waals surface area (Å²) in [7, 11) is 2.14. The molecular weight excluding hydrogens is 354 g/mol. The van der Waals surface area contributed by atoms with Crippen LogP contribution in [-0.4, -0.2) is 56.4 Å². The van der Waals surface area contributed by atoms with Gasteiger partial charge in [-0.2, -0.15) is 0 Å². The van der Waals surface area contributed by atoms with Crippen molar-refractivity contribution in [3.05, 3.63) is 53.6 Å². The molecule has 3 rings (SSSR count). The number of likely N-dealkylation sites (N-methyl/N-ethyl adjacent to an activating group) is 1. The zero-order chi connectivity index (χ0) is 20.1. The highest BCUT2D eigenvalue weighted by Crippen LogP contribution is 2.24. The Balaban J connectivity index is 1.56. The third-order valence-corrected chi connectivity index (χ3v) is 4.94. The van der Waals surface area contributed by atoms with Gasteiger partial charge in [0, 0.05) is 43.1 Å². The van der Waals surface area contributed by atoms with Gasteiger partial charge in [0.1, 0.15) is 5.75 Å². The Kier molecular flexibility index (Phi) is 6.31. The van der Waals surface area contributed by atoms with E-state index in [1.807, 2.05) is 12.1 Å². The number of rotatable bonds is 6. The van der Waals surface area contributed by atoms with E-state index >= 15 is 0 Å². The average molecular weight is 381 g/mol. The van der Waals surface area contributed by atoms with E-state index in [1.165, 1.54) is 12.6 Å². The van der Waals surface area contributed by atoms with Crippen LogP contribution in [0.15, 0.2) is 42.5 Å². The normalized spacial score (nSPS) is 14.6. The molecular formula is C22H27N3O3. The second-order valence-electron chi connectivity index (χ2n) is 7.21. The number of carbonyl (C=O) groups is 2. The summed E-state index contributed by atoms with van der Waals surface area (Å²) in [6.45, 7) is 7.58. The van der Waals surface area contributed by atoms with Crippen molar-refractivity contribution in [2.45, 2.75) is 13.8 Å². The fourth-order valence-corrected chi connectivity index (χ4v) is 3.29. The minimum absolute atomic E-state index is 0.0363. The first-order chi connectivity index (χ1) is 13.4. The van der Waals surface area contributed by atoms with E-state index in [9.17, 15) is 9.59 Å². The second kappa shape index (κ2) is 8.89. The lowest BCUT2D eigenvalue weighted by Gasteiger charge is -2.35. The monoisotopic (exact) mass is 381 g/mol. The van der Waals surface area contributed by atoms with Gasteiger partial charge in [-0.25, -0.2) is 0 Å². The van der Waals surface area contributed by atoms with Crippen LogP contribution >= 0.6 is 0 Å². The number of piperazine rings is 1. The fourth-order valence-electron chi connectivity index (χ4n) is 3.29. The van der Waals surface area contributed by atoms with Crippen molar-refractivity contribution in [1.82, 2.24) is 4.90 Å². The number of Topliss-reactive ketones (excluding diaryl/α,β-unsaturated/α-hetero) is 1. The summed E-state index contributed by atoms with van der Waals surface area (Å²) in [4.78, 5) is 28.4. The van der Waals surface area contributed by atoms with Gasteiger partial charge in [-0.15, -0.1) is 0 Å². The number of aryl methyl sites for hydroxylation is 1. The van der Waals surface area contributed by atoms with E-state index in [0.717, 1.165) is 37.4 Å². The minimum Gasteiger partial charge on any atom is -0.484 e. The zero-order valence-corrected chi connectivity index (χ0v) is 16.7. The van der Waals surface area contributed by atoms with E-state index in [4.69, 9.17) is 4.74 Å². The van der Waals surface area contributed by atoms with Crippen LogP contribution in [0.3, 0.4) is 0 Å². The van der Waals surface area contributed by atoms with Crippen molar-refractivity contribution in [3.8, 4) is 5.75 Å². The number of hydrogen-bond donors (Lipinski definition) is 1. The maximum Gasteiger partial charge on any atom is 0.262 e. The van der Waals surface area contributed by atoms with Crippen LogP contribution in [0.25, 0.3) is 0 Å². The highest BCUT2D eigenvalue weighted by molar-refractivity contribution is 5.94. The molecule has 1 N–H and O–H groups in total. The first kappa shape index (κ1) is 19.9. The molecule has 2 aromatic carbocycles. The predicted molar refractivity (Wildman–Crippen MR) is 111 cm³/mol. The van der Waals surface area contributed by atoms with Gasteiger partial charge in [0.2, 0.25) is 0 Å². The van der Waals surface area contributed by atoms with Crippen LogP contribution in [0.2, 0.25) is 0 Å².